The van der Waals surface area contributed by atoms with Gasteiger partial charge in [-0.1, -0.05) is 81.5 Å². The first kappa shape index (κ1) is 21.6. The van der Waals surface area contributed by atoms with E-state index in [2.05, 4.69) is 19.1 Å². The molecule has 0 heterocycles. The van der Waals surface area contributed by atoms with E-state index in [0.29, 0.717) is 6.42 Å². The third kappa shape index (κ3) is 7.80. The number of rotatable bonds is 13. The molecule has 3 heteroatoms. The molecule has 2 rings (SSSR count). The van der Waals surface area contributed by atoms with Crippen LogP contribution in [0.2, 0.25) is 0 Å². The van der Waals surface area contributed by atoms with Gasteiger partial charge in [0.15, 0.2) is 5.78 Å². The summed E-state index contributed by atoms with van der Waals surface area (Å²) >= 11 is 1.91. The Hall–Kier alpha value is -1.74. The minimum atomic E-state index is 0.194. The fourth-order valence-electron chi connectivity index (χ4n) is 3.11. The van der Waals surface area contributed by atoms with Crippen LogP contribution in [0.15, 0.2) is 54.6 Å². The molecule has 0 amide bonds. The summed E-state index contributed by atoms with van der Waals surface area (Å²) < 4.78 is 5.27. The first-order chi connectivity index (χ1) is 13.2. The number of thioether (sulfide) groups is 1. The van der Waals surface area contributed by atoms with Crippen LogP contribution in [-0.4, -0.2) is 18.6 Å². The average Bonchev–Trinajstić information content (AvgIpc) is 2.73. The van der Waals surface area contributed by atoms with Gasteiger partial charge in [-0.25, -0.2) is 0 Å². The summed E-state index contributed by atoms with van der Waals surface area (Å²) in [5.41, 5.74) is 2.01. The Morgan fingerprint density at radius 2 is 1.59 bits per heavy atom. The highest BCUT2D eigenvalue weighted by Gasteiger charge is 2.18. The van der Waals surface area contributed by atoms with Gasteiger partial charge in [-0.3, -0.25) is 4.79 Å². The molecule has 146 valence electrons. The van der Waals surface area contributed by atoms with Gasteiger partial charge in [0.1, 0.15) is 5.75 Å². The number of ketones is 1. The van der Waals surface area contributed by atoms with Crippen molar-refractivity contribution in [2.24, 2.45) is 0 Å². The van der Waals surface area contributed by atoms with E-state index in [1.54, 1.807) is 7.11 Å². The zero-order chi connectivity index (χ0) is 19.3. The van der Waals surface area contributed by atoms with E-state index in [1.165, 1.54) is 44.1 Å². The maximum absolute atomic E-state index is 12.7. The predicted octanol–water partition coefficient (Wildman–Crippen LogP) is 7.10. The number of carbonyl (C=O) groups is 1. The molecule has 0 N–H and O–H groups in total. The van der Waals surface area contributed by atoms with Gasteiger partial charge >= 0.3 is 0 Å². The first-order valence-electron chi connectivity index (χ1n) is 10.1. The van der Waals surface area contributed by atoms with Gasteiger partial charge in [-0.05, 0) is 29.9 Å². The summed E-state index contributed by atoms with van der Waals surface area (Å²) in [5, 5.41) is 0.194. The Labute approximate surface area is 168 Å². The molecule has 2 aromatic carbocycles. The maximum Gasteiger partial charge on any atom is 0.164 e. The van der Waals surface area contributed by atoms with Crippen molar-refractivity contribution in [3.05, 3.63) is 65.7 Å². The second-order valence-electron chi connectivity index (χ2n) is 6.89. The number of hydrogen-bond acceptors (Lipinski definition) is 3. The second kappa shape index (κ2) is 12.6. The third-order valence-corrected chi connectivity index (χ3v) is 6.14. The Kier molecular flexibility index (Phi) is 10.1. The van der Waals surface area contributed by atoms with E-state index < -0.39 is 0 Å². The van der Waals surface area contributed by atoms with Crippen molar-refractivity contribution in [2.75, 3.05) is 12.9 Å². The van der Waals surface area contributed by atoms with Gasteiger partial charge in [-0.15, -0.1) is 0 Å². The summed E-state index contributed by atoms with van der Waals surface area (Å²) in [5.74, 6) is 2.17. The zero-order valence-electron chi connectivity index (χ0n) is 16.7. The largest absolute Gasteiger partial charge is 0.497 e. The second-order valence-corrected chi connectivity index (χ2v) is 8.20. The normalized spacial score (nSPS) is 11.9. The molecular weight excluding hydrogens is 352 g/mol. The SMILES string of the molecule is CCCCCCCCSC(CC(=O)c1ccccc1)c1ccc(OC)cc1. The fraction of sp³-hybridized carbons (Fsp3) is 0.458. The fourth-order valence-corrected chi connectivity index (χ4v) is 4.38. The van der Waals surface area contributed by atoms with E-state index in [-0.39, 0.29) is 11.0 Å². The highest BCUT2D eigenvalue weighted by Crippen LogP contribution is 2.35. The van der Waals surface area contributed by atoms with Crippen LogP contribution in [0.5, 0.6) is 5.75 Å². The molecule has 1 atom stereocenters. The molecule has 0 spiro atoms. The summed E-state index contributed by atoms with van der Waals surface area (Å²) in [7, 11) is 1.68. The lowest BCUT2D eigenvalue weighted by molar-refractivity contribution is 0.0982. The highest BCUT2D eigenvalue weighted by atomic mass is 32.2. The van der Waals surface area contributed by atoms with E-state index in [1.807, 2.05) is 54.2 Å². The van der Waals surface area contributed by atoms with Crippen molar-refractivity contribution >= 4 is 17.5 Å². The van der Waals surface area contributed by atoms with Crippen molar-refractivity contribution in [3.63, 3.8) is 0 Å². The number of carbonyl (C=O) groups excluding carboxylic acids is 1. The molecule has 0 saturated heterocycles. The average molecular weight is 385 g/mol. The molecule has 0 aliphatic heterocycles. The van der Waals surface area contributed by atoms with Crippen LogP contribution >= 0.6 is 11.8 Å². The van der Waals surface area contributed by atoms with Crippen molar-refractivity contribution in [3.8, 4) is 5.75 Å². The topological polar surface area (TPSA) is 26.3 Å². The molecule has 1 unspecified atom stereocenters. The first-order valence-corrected chi connectivity index (χ1v) is 11.1. The Bertz CT molecular complexity index is 652. The molecule has 2 aromatic rings. The molecule has 0 aliphatic carbocycles. The molecule has 0 bridgehead atoms. The van der Waals surface area contributed by atoms with Crippen LogP contribution in [0.3, 0.4) is 0 Å². The standard InChI is InChI=1S/C24H32O2S/c1-3-4-5-6-7-11-18-27-24(21-14-16-22(26-2)17-15-21)19-23(25)20-12-9-8-10-13-20/h8-10,12-17,24H,3-7,11,18-19H2,1-2H3. The summed E-state index contributed by atoms with van der Waals surface area (Å²) in [6, 6.07) is 17.8. The van der Waals surface area contributed by atoms with Crippen molar-refractivity contribution in [2.45, 2.75) is 57.1 Å². The zero-order valence-corrected chi connectivity index (χ0v) is 17.5. The van der Waals surface area contributed by atoms with Gasteiger partial charge in [0.05, 0.1) is 7.11 Å². The molecule has 0 saturated carbocycles. The van der Waals surface area contributed by atoms with Crippen LogP contribution in [-0.2, 0) is 0 Å². The van der Waals surface area contributed by atoms with Crippen LogP contribution < -0.4 is 4.74 Å². The minimum Gasteiger partial charge on any atom is -0.497 e. The smallest absolute Gasteiger partial charge is 0.164 e. The van der Waals surface area contributed by atoms with Gasteiger partial charge in [0.2, 0.25) is 0 Å². The molecule has 27 heavy (non-hydrogen) atoms. The van der Waals surface area contributed by atoms with Crippen molar-refractivity contribution in [1.82, 2.24) is 0 Å². The maximum atomic E-state index is 12.7. The number of unbranched alkanes of at least 4 members (excludes halogenated alkanes) is 5. The minimum absolute atomic E-state index is 0.194. The lowest BCUT2D eigenvalue weighted by atomic mass is 10.0. The molecule has 2 nitrogen and oxygen atoms in total. The number of ether oxygens (including phenoxy) is 1. The van der Waals surface area contributed by atoms with E-state index in [9.17, 15) is 4.79 Å². The number of benzene rings is 2. The van der Waals surface area contributed by atoms with Gasteiger partial charge in [0.25, 0.3) is 0 Å². The van der Waals surface area contributed by atoms with Crippen LogP contribution in [0.1, 0.15) is 73.0 Å². The Morgan fingerprint density at radius 3 is 2.26 bits per heavy atom. The lowest BCUT2D eigenvalue weighted by Gasteiger charge is -2.17. The quantitative estimate of drug-likeness (QED) is 0.272. The number of Topliss-reactive ketones (excluding diaryl/α,β-unsaturated/α-hetero) is 1. The van der Waals surface area contributed by atoms with Crippen LogP contribution in [0, 0.1) is 0 Å². The number of methoxy groups -OCH3 is 1. The van der Waals surface area contributed by atoms with Gasteiger partial charge in [0, 0.05) is 17.2 Å². The summed E-state index contributed by atoms with van der Waals surface area (Å²) in [4.78, 5) is 12.7. The third-order valence-electron chi connectivity index (χ3n) is 4.77. The monoisotopic (exact) mass is 384 g/mol. The molecule has 0 radical (unpaired) electrons. The molecule has 0 fully saturated rings. The summed E-state index contributed by atoms with van der Waals surface area (Å²) in [6.07, 6.45) is 8.34. The number of hydrogen-bond donors (Lipinski definition) is 0. The van der Waals surface area contributed by atoms with E-state index >= 15 is 0 Å². The van der Waals surface area contributed by atoms with Crippen molar-refractivity contribution < 1.29 is 9.53 Å². The molecule has 0 aliphatic rings. The van der Waals surface area contributed by atoms with Crippen LogP contribution in [0.4, 0.5) is 0 Å². The van der Waals surface area contributed by atoms with Gasteiger partial charge in [-0.2, -0.15) is 11.8 Å². The van der Waals surface area contributed by atoms with Crippen molar-refractivity contribution in [1.29, 1.82) is 0 Å². The van der Waals surface area contributed by atoms with E-state index in [4.69, 9.17) is 4.74 Å². The Balaban J connectivity index is 1.94. The van der Waals surface area contributed by atoms with Gasteiger partial charge < -0.3 is 4.74 Å². The highest BCUT2D eigenvalue weighted by molar-refractivity contribution is 7.99. The van der Waals surface area contributed by atoms with E-state index in [0.717, 1.165) is 17.1 Å². The predicted molar refractivity (Wildman–Crippen MR) is 117 cm³/mol. The Morgan fingerprint density at radius 1 is 0.926 bits per heavy atom. The lowest BCUT2D eigenvalue weighted by Crippen LogP contribution is -2.06. The molecule has 0 aromatic heterocycles. The van der Waals surface area contributed by atoms with Crippen LogP contribution in [0.25, 0.3) is 0 Å². The molecular formula is C24H32O2S. The summed E-state index contributed by atoms with van der Waals surface area (Å²) in [6.45, 7) is 2.25.